The van der Waals surface area contributed by atoms with Gasteiger partial charge >= 0.3 is 0 Å². The number of fused-ring (bicyclic) bond motifs is 1. The zero-order chi connectivity index (χ0) is 22.9. The fourth-order valence-corrected chi connectivity index (χ4v) is 5.47. The van der Waals surface area contributed by atoms with Gasteiger partial charge in [0.2, 0.25) is 11.8 Å². The number of hydrogen-bond acceptors (Lipinski definition) is 5. The van der Waals surface area contributed by atoms with Gasteiger partial charge in [-0.05, 0) is 67.6 Å². The molecule has 7 nitrogen and oxygen atoms in total. The number of rotatable bonds is 6. The Morgan fingerprint density at radius 3 is 2.70 bits per heavy atom. The summed E-state index contributed by atoms with van der Waals surface area (Å²) in [6, 6.07) is 9.37. The Morgan fingerprint density at radius 1 is 1.09 bits per heavy atom. The molecule has 1 aromatic heterocycles. The van der Waals surface area contributed by atoms with Crippen LogP contribution in [0.25, 0.3) is 11.3 Å². The van der Waals surface area contributed by atoms with E-state index in [0.717, 1.165) is 35.8 Å². The van der Waals surface area contributed by atoms with Gasteiger partial charge in [0, 0.05) is 43.4 Å². The molecule has 1 saturated heterocycles. The predicted molar refractivity (Wildman–Crippen MR) is 124 cm³/mol. The normalized spacial score (nSPS) is 21.1. The number of carbonyl (C=O) groups excluding carboxylic acids is 3. The largest absolute Gasteiger partial charge is 0.322 e. The third-order valence-corrected chi connectivity index (χ3v) is 7.14. The summed E-state index contributed by atoms with van der Waals surface area (Å²) in [7, 11) is 2.18. The van der Waals surface area contributed by atoms with Gasteiger partial charge in [0.15, 0.2) is 0 Å². The molecule has 3 heterocycles. The molecule has 2 fully saturated rings. The Labute approximate surface area is 194 Å². The monoisotopic (exact) mass is 446 g/mol. The Kier molecular flexibility index (Phi) is 5.98. The SMILES string of the molecule is CN(Cc1ccnc(-c2ccc3c(c2)CN(C2CCC(=O)NC2=O)C3=O)c1)CC1CCCC1. The number of imide groups is 1. The molecule has 1 N–H and O–H groups in total. The lowest BCUT2D eigenvalue weighted by molar-refractivity contribution is -0.136. The van der Waals surface area contributed by atoms with Crippen LogP contribution in [0.1, 0.15) is 60.0 Å². The highest BCUT2D eigenvalue weighted by atomic mass is 16.2. The summed E-state index contributed by atoms with van der Waals surface area (Å²) < 4.78 is 0. The summed E-state index contributed by atoms with van der Waals surface area (Å²) in [4.78, 5) is 45.2. The number of nitrogens with one attached hydrogen (secondary N) is 1. The molecule has 1 atom stereocenters. The first-order valence-corrected chi connectivity index (χ1v) is 11.9. The molecular weight excluding hydrogens is 416 g/mol. The summed E-state index contributed by atoms with van der Waals surface area (Å²) >= 11 is 0. The smallest absolute Gasteiger partial charge is 0.255 e. The van der Waals surface area contributed by atoms with E-state index in [1.54, 1.807) is 4.90 Å². The second-order valence-electron chi connectivity index (χ2n) is 9.67. The first kappa shape index (κ1) is 21.8. The number of carbonyl (C=O) groups is 3. The molecule has 7 heteroatoms. The molecule has 3 amide bonds. The highest BCUT2D eigenvalue weighted by Gasteiger charge is 2.39. The van der Waals surface area contributed by atoms with Crippen molar-refractivity contribution in [2.24, 2.45) is 5.92 Å². The van der Waals surface area contributed by atoms with E-state index in [1.807, 2.05) is 24.4 Å². The van der Waals surface area contributed by atoms with Crippen LogP contribution in [0.5, 0.6) is 0 Å². The maximum Gasteiger partial charge on any atom is 0.255 e. The second-order valence-corrected chi connectivity index (χ2v) is 9.67. The third-order valence-electron chi connectivity index (χ3n) is 7.14. The molecule has 5 rings (SSSR count). The molecule has 1 saturated carbocycles. The lowest BCUT2D eigenvalue weighted by Gasteiger charge is -2.29. The van der Waals surface area contributed by atoms with Crippen LogP contribution in [0.2, 0.25) is 0 Å². The molecule has 1 unspecified atom stereocenters. The quantitative estimate of drug-likeness (QED) is 0.690. The van der Waals surface area contributed by atoms with E-state index in [1.165, 1.54) is 31.2 Å². The number of amides is 3. The van der Waals surface area contributed by atoms with E-state index in [2.05, 4.69) is 34.4 Å². The van der Waals surface area contributed by atoms with Crippen molar-refractivity contribution in [2.75, 3.05) is 13.6 Å². The molecular formula is C26H30N4O3. The highest BCUT2D eigenvalue weighted by Crippen LogP contribution is 2.31. The van der Waals surface area contributed by atoms with Crippen LogP contribution in [0.15, 0.2) is 36.5 Å². The van der Waals surface area contributed by atoms with Gasteiger partial charge in [0.25, 0.3) is 5.91 Å². The van der Waals surface area contributed by atoms with E-state index in [4.69, 9.17) is 0 Å². The minimum absolute atomic E-state index is 0.152. The molecule has 33 heavy (non-hydrogen) atoms. The zero-order valence-corrected chi connectivity index (χ0v) is 19.0. The standard InChI is InChI=1S/C26H30N4O3/c1-29(14-17-4-2-3-5-17)15-18-10-11-27-22(12-18)19-6-7-21-20(13-19)16-30(26(21)33)23-8-9-24(31)28-25(23)32/h6-7,10-13,17,23H,2-5,8-9,14-16H2,1H3,(H,28,31,32). The average molecular weight is 447 g/mol. The predicted octanol–water partition coefficient (Wildman–Crippen LogP) is 3.13. The van der Waals surface area contributed by atoms with Gasteiger partial charge in [-0.25, -0.2) is 0 Å². The van der Waals surface area contributed by atoms with E-state index >= 15 is 0 Å². The number of pyridine rings is 1. The van der Waals surface area contributed by atoms with Crippen molar-refractivity contribution in [1.82, 2.24) is 20.1 Å². The fourth-order valence-electron chi connectivity index (χ4n) is 5.47. The maximum absolute atomic E-state index is 12.9. The van der Waals surface area contributed by atoms with Gasteiger partial charge in [-0.15, -0.1) is 0 Å². The molecule has 1 aromatic carbocycles. The number of aromatic nitrogens is 1. The lowest BCUT2D eigenvalue weighted by Crippen LogP contribution is -2.52. The van der Waals surface area contributed by atoms with Crippen LogP contribution in [-0.2, 0) is 22.7 Å². The van der Waals surface area contributed by atoms with Crippen molar-refractivity contribution in [1.29, 1.82) is 0 Å². The summed E-state index contributed by atoms with van der Waals surface area (Å²) in [5.74, 6) is 0.00502. The van der Waals surface area contributed by atoms with Crippen LogP contribution in [0.4, 0.5) is 0 Å². The summed E-state index contributed by atoms with van der Waals surface area (Å²) in [5.41, 5.74) is 4.59. The number of benzene rings is 1. The third kappa shape index (κ3) is 4.55. The molecule has 0 radical (unpaired) electrons. The minimum Gasteiger partial charge on any atom is -0.322 e. The Hall–Kier alpha value is -3.06. The summed E-state index contributed by atoms with van der Waals surface area (Å²) in [6.07, 6.45) is 7.88. The van der Waals surface area contributed by atoms with Gasteiger partial charge in [-0.1, -0.05) is 18.9 Å². The van der Waals surface area contributed by atoms with Crippen LogP contribution < -0.4 is 5.32 Å². The number of piperidine rings is 1. The van der Waals surface area contributed by atoms with Crippen LogP contribution >= 0.6 is 0 Å². The van der Waals surface area contributed by atoms with Crippen LogP contribution in [0.3, 0.4) is 0 Å². The maximum atomic E-state index is 12.9. The minimum atomic E-state index is -0.595. The Bertz CT molecular complexity index is 1090. The van der Waals surface area contributed by atoms with Crippen molar-refractivity contribution in [2.45, 2.75) is 57.7 Å². The Balaban J connectivity index is 1.30. The van der Waals surface area contributed by atoms with E-state index in [9.17, 15) is 14.4 Å². The highest BCUT2D eigenvalue weighted by molar-refractivity contribution is 6.05. The topological polar surface area (TPSA) is 82.6 Å². The van der Waals surface area contributed by atoms with E-state index in [-0.39, 0.29) is 24.1 Å². The van der Waals surface area contributed by atoms with Crippen molar-refractivity contribution in [3.8, 4) is 11.3 Å². The fraction of sp³-hybridized carbons (Fsp3) is 0.462. The molecule has 3 aliphatic rings. The van der Waals surface area contributed by atoms with Crippen molar-refractivity contribution in [3.05, 3.63) is 53.2 Å². The van der Waals surface area contributed by atoms with Crippen LogP contribution in [0, 0.1) is 5.92 Å². The van der Waals surface area contributed by atoms with Gasteiger partial charge in [-0.3, -0.25) is 24.7 Å². The van der Waals surface area contributed by atoms with Crippen molar-refractivity contribution in [3.63, 3.8) is 0 Å². The molecule has 2 aromatic rings. The molecule has 172 valence electrons. The average Bonchev–Trinajstić information content (AvgIpc) is 3.41. The van der Waals surface area contributed by atoms with E-state index < -0.39 is 6.04 Å². The Morgan fingerprint density at radius 2 is 1.91 bits per heavy atom. The van der Waals surface area contributed by atoms with E-state index in [0.29, 0.717) is 18.5 Å². The van der Waals surface area contributed by atoms with Crippen molar-refractivity contribution >= 4 is 17.7 Å². The van der Waals surface area contributed by atoms with Gasteiger partial charge in [-0.2, -0.15) is 0 Å². The molecule has 2 aliphatic heterocycles. The van der Waals surface area contributed by atoms with Crippen molar-refractivity contribution < 1.29 is 14.4 Å². The lowest BCUT2D eigenvalue weighted by atomic mass is 10.0. The van der Waals surface area contributed by atoms with Gasteiger partial charge < -0.3 is 9.80 Å². The molecule has 1 aliphatic carbocycles. The zero-order valence-electron chi connectivity index (χ0n) is 19.0. The molecule has 0 spiro atoms. The van der Waals surface area contributed by atoms with Gasteiger partial charge in [0.1, 0.15) is 6.04 Å². The van der Waals surface area contributed by atoms with Crippen LogP contribution in [-0.4, -0.2) is 52.1 Å². The number of nitrogens with zero attached hydrogens (tertiary/aromatic N) is 3. The summed E-state index contributed by atoms with van der Waals surface area (Å²) in [5, 5.41) is 2.35. The number of hydrogen-bond donors (Lipinski definition) is 1. The summed E-state index contributed by atoms with van der Waals surface area (Å²) in [6.45, 7) is 2.39. The molecule has 0 bridgehead atoms. The van der Waals surface area contributed by atoms with Gasteiger partial charge in [0.05, 0.1) is 5.69 Å². The second kappa shape index (κ2) is 9.06. The first-order chi connectivity index (χ1) is 16.0. The first-order valence-electron chi connectivity index (χ1n) is 11.9.